The average molecular weight is 387 g/mol. The topological polar surface area (TPSA) is 76.5 Å². The molecule has 1 fully saturated rings. The van der Waals surface area contributed by atoms with Crippen LogP contribution in [0.5, 0.6) is 0 Å². The highest BCUT2D eigenvalue weighted by Gasteiger charge is 2.29. The van der Waals surface area contributed by atoms with Gasteiger partial charge in [-0.05, 0) is 55.7 Å². The van der Waals surface area contributed by atoms with Gasteiger partial charge < -0.3 is 9.32 Å². The molecule has 146 valence electrons. The lowest BCUT2D eigenvalue weighted by Crippen LogP contribution is -2.39. The van der Waals surface area contributed by atoms with E-state index in [0.29, 0.717) is 17.9 Å². The van der Waals surface area contributed by atoms with E-state index in [0.717, 1.165) is 42.0 Å². The highest BCUT2D eigenvalue weighted by atomic mass is 16.3. The zero-order valence-corrected chi connectivity index (χ0v) is 16.2. The van der Waals surface area contributed by atoms with Crippen molar-refractivity contribution in [3.8, 4) is 11.1 Å². The number of pyridine rings is 2. The zero-order valence-electron chi connectivity index (χ0n) is 16.2. The fourth-order valence-corrected chi connectivity index (χ4v) is 3.94. The minimum Gasteiger partial charge on any atom is -0.469 e. The molecule has 4 aromatic rings. The Hall–Kier alpha value is -3.48. The summed E-state index contributed by atoms with van der Waals surface area (Å²) in [5.41, 5.74) is 3.60. The molecule has 0 saturated carbocycles. The lowest BCUT2D eigenvalue weighted by molar-refractivity contribution is 0.0703. The van der Waals surface area contributed by atoms with Crippen molar-refractivity contribution in [3.63, 3.8) is 0 Å². The van der Waals surface area contributed by atoms with Crippen molar-refractivity contribution >= 4 is 11.6 Å². The number of likely N-dealkylation sites (tertiary alicyclic amines) is 1. The van der Waals surface area contributed by atoms with Crippen molar-refractivity contribution in [3.05, 3.63) is 72.3 Å². The third kappa shape index (κ3) is 3.29. The van der Waals surface area contributed by atoms with Crippen LogP contribution in [0, 0.1) is 6.92 Å². The van der Waals surface area contributed by atoms with Crippen LogP contribution in [-0.4, -0.2) is 43.5 Å². The second kappa shape index (κ2) is 7.16. The maximum Gasteiger partial charge on any atom is 0.257 e. The Morgan fingerprint density at radius 3 is 2.79 bits per heavy atom. The summed E-state index contributed by atoms with van der Waals surface area (Å²) in [5.74, 6) is 1.60. The highest BCUT2D eigenvalue weighted by Crippen LogP contribution is 2.27. The molecule has 4 aromatic heterocycles. The number of fused-ring (bicyclic) bond motifs is 1. The smallest absolute Gasteiger partial charge is 0.257 e. The fraction of sp³-hybridized carbons (Fsp3) is 0.273. The second-order valence-electron chi connectivity index (χ2n) is 7.41. The Labute approximate surface area is 168 Å². The standard InChI is InChI=1S/C22H21N5O2/c1-15-19(8-12-29-15)22(28)26-11-2-3-18(13-26)21-24-20-5-4-17(14-27(20)25-21)16-6-9-23-10-7-16/h4-10,12,14,18H,2-3,11,13H2,1H3/t18-/m1/s1. The van der Waals surface area contributed by atoms with Crippen LogP contribution >= 0.6 is 0 Å². The summed E-state index contributed by atoms with van der Waals surface area (Å²) < 4.78 is 7.12. The van der Waals surface area contributed by atoms with E-state index < -0.39 is 0 Å². The Morgan fingerprint density at radius 1 is 1.14 bits per heavy atom. The quantitative estimate of drug-likeness (QED) is 0.536. The van der Waals surface area contributed by atoms with Gasteiger partial charge in [0.2, 0.25) is 0 Å². The highest BCUT2D eigenvalue weighted by molar-refractivity contribution is 5.95. The molecule has 29 heavy (non-hydrogen) atoms. The number of hydrogen-bond donors (Lipinski definition) is 0. The molecule has 0 unspecified atom stereocenters. The summed E-state index contributed by atoms with van der Waals surface area (Å²) in [6.45, 7) is 3.19. The molecule has 1 atom stereocenters. The number of aryl methyl sites for hydroxylation is 1. The van der Waals surface area contributed by atoms with Gasteiger partial charge in [-0.15, -0.1) is 0 Å². The molecule has 1 aliphatic rings. The van der Waals surface area contributed by atoms with Crippen molar-refractivity contribution in [1.82, 2.24) is 24.5 Å². The number of carbonyl (C=O) groups is 1. The van der Waals surface area contributed by atoms with Gasteiger partial charge in [0.25, 0.3) is 5.91 Å². The first kappa shape index (κ1) is 17.6. The second-order valence-corrected chi connectivity index (χ2v) is 7.41. The minimum atomic E-state index is 0.0182. The summed E-state index contributed by atoms with van der Waals surface area (Å²) in [6, 6.07) is 9.71. The molecule has 0 bridgehead atoms. The molecule has 1 amide bonds. The van der Waals surface area contributed by atoms with Crippen LogP contribution < -0.4 is 0 Å². The van der Waals surface area contributed by atoms with Crippen LogP contribution in [0.3, 0.4) is 0 Å². The van der Waals surface area contributed by atoms with Crippen LogP contribution in [0.15, 0.2) is 59.6 Å². The van der Waals surface area contributed by atoms with Gasteiger partial charge in [0, 0.05) is 43.2 Å². The van der Waals surface area contributed by atoms with Crippen molar-refractivity contribution in [2.75, 3.05) is 13.1 Å². The Morgan fingerprint density at radius 2 is 2.00 bits per heavy atom. The first-order valence-electron chi connectivity index (χ1n) is 9.79. The van der Waals surface area contributed by atoms with Crippen LogP contribution in [0.2, 0.25) is 0 Å². The summed E-state index contributed by atoms with van der Waals surface area (Å²) in [7, 11) is 0. The lowest BCUT2D eigenvalue weighted by Gasteiger charge is -2.31. The van der Waals surface area contributed by atoms with E-state index in [2.05, 4.69) is 4.98 Å². The normalized spacial score (nSPS) is 17.0. The van der Waals surface area contributed by atoms with Crippen LogP contribution in [0.1, 0.15) is 40.7 Å². The van der Waals surface area contributed by atoms with E-state index in [9.17, 15) is 4.79 Å². The number of amides is 1. The number of rotatable bonds is 3. The molecule has 0 N–H and O–H groups in total. The monoisotopic (exact) mass is 387 g/mol. The van der Waals surface area contributed by atoms with Crippen molar-refractivity contribution < 1.29 is 9.21 Å². The zero-order chi connectivity index (χ0) is 19.8. The number of carbonyl (C=O) groups excluding carboxylic acids is 1. The summed E-state index contributed by atoms with van der Waals surface area (Å²) >= 11 is 0. The van der Waals surface area contributed by atoms with Crippen molar-refractivity contribution in [2.45, 2.75) is 25.7 Å². The predicted molar refractivity (Wildman–Crippen MR) is 108 cm³/mol. The predicted octanol–water partition coefficient (Wildman–Crippen LogP) is 3.71. The lowest BCUT2D eigenvalue weighted by atomic mass is 9.97. The van der Waals surface area contributed by atoms with Gasteiger partial charge in [-0.1, -0.05) is 0 Å². The van der Waals surface area contributed by atoms with E-state index >= 15 is 0 Å². The van der Waals surface area contributed by atoms with E-state index in [1.807, 2.05) is 46.8 Å². The number of hydrogen-bond acceptors (Lipinski definition) is 5. The third-order valence-electron chi connectivity index (χ3n) is 5.52. The Balaban J connectivity index is 1.40. The summed E-state index contributed by atoms with van der Waals surface area (Å²) in [5, 5.41) is 4.73. The minimum absolute atomic E-state index is 0.0182. The third-order valence-corrected chi connectivity index (χ3v) is 5.52. The maximum atomic E-state index is 12.8. The molecule has 7 nitrogen and oxygen atoms in total. The van der Waals surface area contributed by atoms with Gasteiger partial charge in [0.05, 0.1) is 11.8 Å². The Kier molecular flexibility index (Phi) is 4.35. The molecule has 5 heterocycles. The largest absolute Gasteiger partial charge is 0.469 e. The average Bonchev–Trinajstić information content (AvgIpc) is 3.39. The van der Waals surface area contributed by atoms with Crippen LogP contribution in [-0.2, 0) is 0 Å². The van der Waals surface area contributed by atoms with Gasteiger partial charge in [0.15, 0.2) is 11.5 Å². The first-order chi connectivity index (χ1) is 14.2. The molecule has 0 spiro atoms. The first-order valence-corrected chi connectivity index (χ1v) is 9.79. The Bertz CT molecular complexity index is 1160. The molecule has 0 aliphatic carbocycles. The van der Waals surface area contributed by atoms with Crippen molar-refractivity contribution in [1.29, 1.82) is 0 Å². The molecular formula is C22H21N5O2. The fourth-order valence-electron chi connectivity index (χ4n) is 3.94. The van der Waals surface area contributed by atoms with Gasteiger partial charge in [-0.3, -0.25) is 9.78 Å². The van der Waals surface area contributed by atoms with Gasteiger partial charge in [-0.2, -0.15) is 5.10 Å². The number of aromatic nitrogens is 4. The van der Waals surface area contributed by atoms with Gasteiger partial charge >= 0.3 is 0 Å². The van der Waals surface area contributed by atoms with E-state index in [1.54, 1.807) is 24.7 Å². The molecular weight excluding hydrogens is 366 g/mol. The van der Waals surface area contributed by atoms with E-state index in [1.165, 1.54) is 0 Å². The summed E-state index contributed by atoms with van der Waals surface area (Å²) in [4.78, 5) is 23.5. The van der Waals surface area contributed by atoms with Gasteiger partial charge in [-0.25, -0.2) is 9.50 Å². The molecule has 0 aromatic carbocycles. The maximum absolute atomic E-state index is 12.8. The van der Waals surface area contributed by atoms with Crippen molar-refractivity contribution in [2.24, 2.45) is 0 Å². The molecule has 1 saturated heterocycles. The van der Waals surface area contributed by atoms with E-state index in [-0.39, 0.29) is 11.8 Å². The van der Waals surface area contributed by atoms with Gasteiger partial charge in [0.1, 0.15) is 5.76 Å². The molecule has 0 radical (unpaired) electrons. The van der Waals surface area contributed by atoms with E-state index in [4.69, 9.17) is 14.5 Å². The van der Waals surface area contributed by atoms with Crippen LogP contribution in [0.25, 0.3) is 16.8 Å². The number of nitrogens with zero attached hydrogens (tertiary/aromatic N) is 5. The molecule has 1 aliphatic heterocycles. The molecule has 5 rings (SSSR count). The number of furan rings is 1. The number of piperidine rings is 1. The molecule has 7 heteroatoms. The van der Waals surface area contributed by atoms with Crippen LogP contribution in [0.4, 0.5) is 0 Å². The summed E-state index contributed by atoms with van der Waals surface area (Å²) in [6.07, 6.45) is 9.02. The SMILES string of the molecule is Cc1occc1C(=O)N1CCC[C@@H](c2nc3ccc(-c4ccncc4)cn3n2)C1.